The molecule has 4 rings (SSSR count). The third kappa shape index (κ3) is 2.96. The normalized spacial score (nSPS) is 18.8. The van der Waals surface area contributed by atoms with E-state index in [4.69, 9.17) is 4.98 Å². The number of hydrogen-bond acceptors (Lipinski definition) is 5. The highest BCUT2D eigenvalue weighted by Crippen LogP contribution is 2.35. The maximum Gasteiger partial charge on any atom is 0.232 e. The number of nitrogens with one attached hydrogen (secondary N) is 1. The maximum atomic E-state index is 11.8. The van der Waals surface area contributed by atoms with Crippen molar-refractivity contribution in [1.82, 2.24) is 10.3 Å². The van der Waals surface area contributed by atoms with Crippen LogP contribution in [0.15, 0.2) is 23.6 Å². The van der Waals surface area contributed by atoms with E-state index in [9.17, 15) is 8.42 Å². The van der Waals surface area contributed by atoms with Gasteiger partial charge in [0.2, 0.25) is 10.0 Å². The SMILES string of the molecule is CS(=O)(=O)N1CCc2cc(-c3csc(C4CCNCC4)n3)ccc21. The number of thiazole rings is 1. The summed E-state index contributed by atoms with van der Waals surface area (Å²) in [5.74, 6) is 0.570. The molecule has 0 bridgehead atoms. The molecule has 0 aliphatic carbocycles. The van der Waals surface area contributed by atoms with Crippen LogP contribution >= 0.6 is 11.3 Å². The van der Waals surface area contributed by atoms with E-state index in [1.54, 1.807) is 11.3 Å². The fourth-order valence-electron chi connectivity index (χ4n) is 3.55. The van der Waals surface area contributed by atoms with Gasteiger partial charge in [0.1, 0.15) is 0 Å². The molecule has 2 aliphatic heterocycles. The van der Waals surface area contributed by atoms with Crippen LogP contribution in [0.1, 0.15) is 29.3 Å². The van der Waals surface area contributed by atoms with Crippen molar-refractivity contribution in [2.75, 3.05) is 30.2 Å². The molecule has 2 aromatic rings. The number of anilines is 1. The van der Waals surface area contributed by atoms with Crippen molar-refractivity contribution in [3.05, 3.63) is 34.2 Å². The zero-order valence-electron chi connectivity index (χ0n) is 13.7. The van der Waals surface area contributed by atoms with E-state index >= 15 is 0 Å². The molecule has 0 unspecified atom stereocenters. The Hall–Kier alpha value is -1.44. The van der Waals surface area contributed by atoms with Crippen LogP contribution in [0, 0.1) is 0 Å². The molecule has 0 amide bonds. The smallest absolute Gasteiger partial charge is 0.232 e. The highest BCUT2D eigenvalue weighted by Gasteiger charge is 2.26. The molecule has 2 aliphatic rings. The number of aromatic nitrogens is 1. The Bertz CT molecular complexity index is 854. The second-order valence-corrected chi connectivity index (χ2v) is 9.32. The van der Waals surface area contributed by atoms with E-state index in [2.05, 4.69) is 16.8 Å². The first-order chi connectivity index (χ1) is 11.5. The largest absolute Gasteiger partial charge is 0.317 e. The van der Waals surface area contributed by atoms with Gasteiger partial charge in [0.25, 0.3) is 0 Å². The Balaban J connectivity index is 1.61. The van der Waals surface area contributed by atoms with Crippen molar-refractivity contribution < 1.29 is 8.42 Å². The highest BCUT2D eigenvalue weighted by molar-refractivity contribution is 7.92. The highest BCUT2D eigenvalue weighted by atomic mass is 32.2. The third-order valence-corrected chi connectivity index (χ3v) is 7.03. The second kappa shape index (κ2) is 6.13. The van der Waals surface area contributed by atoms with Gasteiger partial charge >= 0.3 is 0 Å². The minimum absolute atomic E-state index is 0.537. The molecule has 1 fully saturated rings. The molecular formula is C17H21N3O2S2. The van der Waals surface area contributed by atoms with Gasteiger partial charge in [-0.15, -0.1) is 11.3 Å². The van der Waals surface area contributed by atoms with Crippen molar-refractivity contribution in [3.8, 4) is 11.3 Å². The van der Waals surface area contributed by atoms with Crippen LogP contribution in [-0.4, -0.2) is 39.3 Å². The van der Waals surface area contributed by atoms with Crippen molar-refractivity contribution in [1.29, 1.82) is 0 Å². The Morgan fingerprint density at radius 1 is 1.29 bits per heavy atom. The standard InChI is InChI=1S/C17H21N3O2S2/c1-24(21,22)20-9-6-14-10-13(2-3-16(14)20)15-11-23-17(19-15)12-4-7-18-8-5-12/h2-3,10-12,18H,4-9H2,1H3. The zero-order valence-corrected chi connectivity index (χ0v) is 15.3. The van der Waals surface area contributed by atoms with Crippen molar-refractivity contribution in [2.45, 2.75) is 25.2 Å². The van der Waals surface area contributed by atoms with Crippen LogP contribution in [0.25, 0.3) is 11.3 Å². The lowest BCUT2D eigenvalue weighted by molar-refractivity contribution is 0.459. The van der Waals surface area contributed by atoms with Gasteiger partial charge in [-0.25, -0.2) is 13.4 Å². The summed E-state index contributed by atoms with van der Waals surface area (Å²) in [4.78, 5) is 4.86. The monoisotopic (exact) mass is 363 g/mol. The zero-order chi connectivity index (χ0) is 16.7. The second-order valence-electron chi connectivity index (χ2n) is 6.52. The number of benzene rings is 1. The van der Waals surface area contributed by atoms with Crippen LogP contribution in [0.4, 0.5) is 5.69 Å². The first-order valence-electron chi connectivity index (χ1n) is 8.29. The van der Waals surface area contributed by atoms with E-state index < -0.39 is 10.0 Å². The van der Waals surface area contributed by atoms with Crippen LogP contribution in [-0.2, 0) is 16.4 Å². The maximum absolute atomic E-state index is 11.8. The lowest BCUT2D eigenvalue weighted by Gasteiger charge is -2.20. The van der Waals surface area contributed by atoms with Gasteiger partial charge in [-0.05, 0) is 50.0 Å². The van der Waals surface area contributed by atoms with E-state index in [0.717, 1.165) is 54.9 Å². The van der Waals surface area contributed by atoms with Crippen molar-refractivity contribution >= 4 is 27.0 Å². The molecule has 0 radical (unpaired) electrons. The summed E-state index contributed by atoms with van der Waals surface area (Å²) in [6.07, 6.45) is 4.34. The van der Waals surface area contributed by atoms with Gasteiger partial charge in [0.05, 0.1) is 22.6 Å². The molecule has 0 spiro atoms. The average Bonchev–Trinajstić information content (AvgIpc) is 3.21. The molecule has 0 saturated carbocycles. The Labute approximate surface area is 146 Å². The minimum atomic E-state index is -3.19. The van der Waals surface area contributed by atoms with Gasteiger partial charge in [-0.2, -0.15) is 0 Å². The van der Waals surface area contributed by atoms with E-state index in [1.165, 1.54) is 15.6 Å². The van der Waals surface area contributed by atoms with Gasteiger partial charge in [-0.1, -0.05) is 6.07 Å². The molecule has 7 heteroatoms. The summed E-state index contributed by atoms with van der Waals surface area (Å²) in [6.45, 7) is 2.68. The predicted octanol–water partition coefficient (Wildman–Crippen LogP) is 2.60. The number of hydrogen-bond donors (Lipinski definition) is 1. The molecule has 5 nitrogen and oxygen atoms in total. The number of piperidine rings is 1. The summed E-state index contributed by atoms with van der Waals surface area (Å²) in [7, 11) is -3.19. The molecule has 0 atom stereocenters. The molecule has 1 aromatic carbocycles. The Morgan fingerprint density at radius 3 is 2.83 bits per heavy atom. The summed E-state index contributed by atoms with van der Waals surface area (Å²) in [6, 6.07) is 6.01. The lowest BCUT2D eigenvalue weighted by Crippen LogP contribution is -2.27. The summed E-state index contributed by atoms with van der Waals surface area (Å²) >= 11 is 1.74. The molecule has 1 N–H and O–H groups in total. The van der Waals surface area contributed by atoms with Gasteiger partial charge < -0.3 is 5.32 Å². The van der Waals surface area contributed by atoms with Crippen LogP contribution in [0.3, 0.4) is 0 Å². The van der Waals surface area contributed by atoms with Gasteiger partial charge in [0.15, 0.2) is 0 Å². The molecule has 128 valence electrons. The first kappa shape index (κ1) is 16.1. The number of rotatable bonds is 3. The molecule has 1 aromatic heterocycles. The number of nitrogens with zero attached hydrogens (tertiary/aromatic N) is 2. The Kier molecular flexibility index (Phi) is 4.10. The molecule has 3 heterocycles. The van der Waals surface area contributed by atoms with Crippen molar-refractivity contribution in [2.24, 2.45) is 0 Å². The summed E-state index contributed by atoms with van der Waals surface area (Å²) in [5.41, 5.74) is 4.00. The third-order valence-electron chi connectivity index (χ3n) is 4.84. The minimum Gasteiger partial charge on any atom is -0.317 e. The fraction of sp³-hybridized carbons (Fsp3) is 0.471. The van der Waals surface area contributed by atoms with E-state index in [-0.39, 0.29) is 0 Å². The van der Waals surface area contributed by atoms with Crippen LogP contribution in [0.5, 0.6) is 0 Å². The molecule has 24 heavy (non-hydrogen) atoms. The predicted molar refractivity (Wildman–Crippen MR) is 98.3 cm³/mol. The Morgan fingerprint density at radius 2 is 2.08 bits per heavy atom. The van der Waals surface area contributed by atoms with E-state index in [1.807, 2.05) is 12.1 Å². The first-order valence-corrected chi connectivity index (χ1v) is 11.0. The topological polar surface area (TPSA) is 62.3 Å². The molecular weight excluding hydrogens is 342 g/mol. The summed E-state index contributed by atoms with van der Waals surface area (Å²) in [5, 5.41) is 6.74. The van der Waals surface area contributed by atoms with Crippen molar-refractivity contribution in [3.63, 3.8) is 0 Å². The quantitative estimate of drug-likeness (QED) is 0.910. The number of fused-ring (bicyclic) bond motifs is 1. The van der Waals surface area contributed by atoms with Crippen LogP contribution in [0.2, 0.25) is 0 Å². The number of sulfonamides is 1. The molecule has 1 saturated heterocycles. The summed E-state index contributed by atoms with van der Waals surface area (Å²) < 4.78 is 25.2. The average molecular weight is 364 g/mol. The lowest BCUT2D eigenvalue weighted by atomic mass is 9.99. The van der Waals surface area contributed by atoms with E-state index in [0.29, 0.717) is 12.5 Å². The fourth-order valence-corrected chi connectivity index (χ4v) is 5.51. The van der Waals surface area contributed by atoms with Gasteiger partial charge in [0, 0.05) is 23.4 Å². The van der Waals surface area contributed by atoms with Crippen LogP contribution < -0.4 is 9.62 Å². The van der Waals surface area contributed by atoms with Gasteiger partial charge in [-0.3, -0.25) is 4.31 Å².